The van der Waals surface area contributed by atoms with Crippen molar-refractivity contribution < 1.29 is 18.0 Å². The topological polar surface area (TPSA) is 17.1 Å². The van der Waals surface area contributed by atoms with Crippen molar-refractivity contribution >= 4 is 5.78 Å². The molecule has 0 N–H and O–H groups in total. The minimum absolute atomic E-state index is 1.17. The highest BCUT2D eigenvalue weighted by Crippen LogP contribution is 2.14. The summed E-state index contributed by atoms with van der Waals surface area (Å²) in [6, 6.07) is 0. The van der Waals surface area contributed by atoms with Crippen LogP contribution < -0.4 is 0 Å². The molecule has 0 saturated carbocycles. The Kier molecular flexibility index (Phi) is 2.26. The monoisotopic (exact) mass is 136 g/mol. The molecule has 0 bridgehead atoms. The fourth-order valence-corrected chi connectivity index (χ4v) is 0.184. The third-order valence-corrected chi connectivity index (χ3v) is 0.496. The van der Waals surface area contributed by atoms with Crippen LogP contribution in [0.5, 0.6) is 0 Å². The predicted octanol–water partition coefficient (Wildman–Crippen LogP) is 1.14. The summed E-state index contributed by atoms with van der Waals surface area (Å²) in [6.45, 7) is 1.17. The Hall–Kier alpha value is -0.980. The van der Waals surface area contributed by atoms with Crippen LogP contribution in [0.25, 0.3) is 0 Å². The van der Waals surface area contributed by atoms with Gasteiger partial charge in [0.15, 0.2) is 0 Å². The van der Waals surface area contributed by atoms with Crippen molar-refractivity contribution in [3.63, 3.8) is 0 Å². The number of carbonyl (C=O) groups excluding carboxylic acids is 1. The number of hydrogen-bond acceptors (Lipinski definition) is 1. The molecule has 0 rings (SSSR count). The molecule has 0 spiro atoms. The molecule has 0 fully saturated rings. The second kappa shape index (κ2) is 2.53. The predicted molar refractivity (Wildman–Crippen MR) is 24.5 cm³/mol. The van der Waals surface area contributed by atoms with Crippen LogP contribution in [0, 0.1) is 11.8 Å². The highest BCUT2D eigenvalue weighted by molar-refractivity contribution is 5.99. The van der Waals surface area contributed by atoms with Crippen LogP contribution in [0.2, 0.25) is 0 Å². The van der Waals surface area contributed by atoms with Crippen molar-refractivity contribution in [1.29, 1.82) is 0 Å². The van der Waals surface area contributed by atoms with E-state index in [4.69, 9.17) is 0 Å². The van der Waals surface area contributed by atoms with E-state index in [-0.39, 0.29) is 0 Å². The van der Waals surface area contributed by atoms with Gasteiger partial charge in [-0.15, -0.1) is 0 Å². The van der Waals surface area contributed by atoms with Crippen LogP contribution in [0.1, 0.15) is 6.92 Å². The average Bonchev–Trinajstić information content (AvgIpc) is 1.64. The standard InChI is InChI=1S/C5H3F3O/c1-2-3-4(9)5(6,7)8/h1H3. The maximum atomic E-state index is 11.2. The van der Waals surface area contributed by atoms with Crippen molar-refractivity contribution in [3.8, 4) is 11.8 Å². The fraction of sp³-hybridized carbons (Fsp3) is 0.400. The van der Waals surface area contributed by atoms with Crippen molar-refractivity contribution in [2.24, 2.45) is 0 Å². The second-order valence-corrected chi connectivity index (χ2v) is 1.20. The lowest BCUT2D eigenvalue weighted by atomic mass is 10.4. The van der Waals surface area contributed by atoms with Crippen LogP contribution >= 0.6 is 0 Å². The Labute approximate surface area is 49.9 Å². The number of rotatable bonds is 0. The third kappa shape index (κ3) is 2.75. The Balaban J connectivity index is 4.17. The summed E-state index contributed by atoms with van der Waals surface area (Å²) in [7, 11) is 0. The van der Waals surface area contributed by atoms with Crippen molar-refractivity contribution in [2.75, 3.05) is 0 Å². The SMILES string of the molecule is CC#CC(=O)C(F)(F)F. The number of carbonyl (C=O) groups is 1. The van der Waals surface area contributed by atoms with E-state index in [2.05, 4.69) is 0 Å². The van der Waals surface area contributed by atoms with E-state index in [0.717, 1.165) is 0 Å². The van der Waals surface area contributed by atoms with Crippen molar-refractivity contribution in [2.45, 2.75) is 13.1 Å². The van der Waals surface area contributed by atoms with E-state index in [9.17, 15) is 18.0 Å². The first-order chi connectivity index (χ1) is 3.98. The molecule has 9 heavy (non-hydrogen) atoms. The number of alkyl halides is 3. The molecule has 0 aliphatic carbocycles. The molecule has 0 amide bonds. The van der Waals surface area contributed by atoms with Crippen molar-refractivity contribution in [1.82, 2.24) is 0 Å². The molecule has 0 atom stereocenters. The summed E-state index contributed by atoms with van der Waals surface area (Å²) >= 11 is 0. The van der Waals surface area contributed by atoms with Gasteiger partial charge in [-0.25, -0.2) is 0 Å². The van der Waals surface area contributed by atoms with Gasteiger partial charge in [-0.2, -0.15) is 13.2 Å². The molecule has 0 aromatic heterocycles. The summed E-state index contributed by atoms with van der Waals surface area (Å²) in [5, 5.41) is 0. The van der Waals surface area contributed by atoms with Crippen LogP contribution in [-0.2, 0) is 4.79 Å². The molecule has 0 unspecified atom stereocenters. The Bertz CT molecular complexity index is 169. The summed E-state index contributed by atoms with van der Waals surface area (Å²) in [5.41, 5.74) is 0. The maximum Gasteiger partial charge on any atom is 0.462 e. The normalized spacial score (nSPS) is 9.78. The van der Waals surface area contributed by atoms with Gasteiger partial charge in [0.25, 0.3) is 0 Å². The van der Waals surface area contributed by atoms with E-state index in [1.54, 1.807) is 0 Å². The van der Waals surface area contributed by atoms with Crippen LogP contribution in [0.15, 0.2) is 0 Å². The van der Waals surface area contributed by atoms with Gasteiger partial charge in [0.2, 0.25) is 0 Å². The summed E-state index contributed by atoms with van der Waals surface area (Å²) in [6.07, 6.45) is -4.80. The quantitative estimate of drug-likeness (QED) is 0.360. The largest absolute Gasteiger partial charge is 0.462 e. The molecule has 0 aliphatic rings. The number of halogens is 3. The van der Waals surface area contributed by atoms with Gasteiger partial charge in [0.05, 0.1) is 0 Å². The lowest BCUT2D eigenvalue weighted by Crippen LogP contribution is -2.20. The fourth-order valence-electron chi connectivity index (χ4n) is 0.184. The van der Waals surface area contributed by atoms with Crippen molar-refractivity contribution in [3.05, 3.63) is 0 Å². The number of ketones is 1. The van der Waals surface area contributed by atoms with Crippen LogP contribution in [0.4, 0.5) is 13.2 Å². The molecule has 50 valence electrons. The molecule has 0 saturated heterocycles. The van der Waals surface area contributed by atoms with E-state index >= 15 is 0 Å². The average molecular weight is 136 g/mol. The molecular formula is C5H3F3O. The van der Waals surface area contributed by atoms with E-state index in [0.29, 0.717) is 0 Å². The minimum atomic E-state index is -4.80. The molecular weight excluding hydrogens is 133 g/mol. The van der Waals surface area contributed by atoms with Crippen LogP contribution in [0.3, 0.4) is 0 Å². The summed E-state index contributed by atoms with van der Waals surface area (Å²) in [4.78, 5) is 9.77. The molecule has 0 aromatic carbocycles. The van der Waals surface area contributed by atoms with Gasteiger partial charge in [0.1, 0.15) is 0 Å². The Morgan fingerprint density at radius 1 is 1.44 bits per heavy atom. The Morgan fingerprint density at radius 2 is 1.89 bits per heavy atom. The smallest absolute Gasteiger partial charge is 0.275 e. The zero-order valence-electron chi connectivity index (χ0n) is 4.54. The van der Waals surface area contributed by atoms with Gasteiger partial charge in [-0.05, 0) is 12.8 Å². The summed E-state index contributed by atoms with van der Waals surface area (Å²) < 4.78 is 33.6. The van der Waals surface area contributed by atoms with E-state index in [1.165, 1.54) is 12.8 Å². The molecule has 0 radical (unpaired) electrons. The highest BCUT2D eigenvalue weighted by atomic mass is 19.4. The first-order valence-corrected chi connectivity index (χ1v) is 2.02. The molecule has 1 nitrogen and oxygen atoms in total. The van der Waals surface area contributed by atoms with Gasteiger partial charge in [-0.1, -0.05) is 5.92 Å². The first-order valence-electron chi connectivity index (χ1n) is 2.02. The zero-order valence-corrected chi connectivity index (χ0v) is 4.54. The maximum absolute atomic E-state index is 11.2. The highest BCUT2D eigenvalue weighted by Gasteiger charge is 2.36. The van der Waals surface area contributed by atoms with Crippen LogP contribution in [-0.4, -0.2) is 12.0 Å². The van der Waals surface area contributed by atoms with Gasteiger partial charge < -0.3 is 0 Å². The first kappa shape index (κ1) is 8.02. The zero-order chi connectivity index (χ0) is 7.49. The third-order valence-electron chi connectivity index (χ3n) is 0.496. The van der Waals surface area contributed by atoms with Gasteiger partial charge in [0, 0.05) is 0 Å². The minimum Gasteiger partial charge on any atom is -0.275 e. The Morgan fingerprint density at radius 3 is 2.00 bits per heavy atom. The molecule has 0 aromatic rings. The number of hydrogen-bond donors (Lipinski definition) is 0. The molecule has 0 heterocycles. The molecule has 4 heteroatoms. The summed E-state index contributed by atoms with van der Waals surface area (Å²) in [5.74, 6) is 1.23. The molecule has 0 aliphatic heterocycles. The van der Waals surface area contributed by atoms with E-state index in [1.807, 2.05) is 5.92 Å². The second-order valence-electron chi connectivity index (χ2n) is 1.20. The van der Waals surface area contributed by atoms with Gasteiger partial charge in [-0.3, -0.25) is 4.79 Å². The van der Waals surface area contributed by atoms with Gasteiger partial charge >= 0.3 is 12.0 Å². The number of Topliss-reactive ketones (excluding diaryl/α,β-unsaturated/α-hetero) is 1. The lowest BCUT2D eigenvalue weighted by molar-refractivity contribution is -0.164. The lowest BCUT2D eigenvalue weighted by Gasteiger charge is -1.95. The van der Waals surface area contributed by atoms with E-state index < -0.39 is 12.0 Å².